The van der Waals surface area contributed by atoms with Crippen molar-refractivity contribution < 1.29 is 40.3 Å². The third kappa shape index (κ3) is 6.64. The van der Waals surface area contributed by atoms with Gasteiger partial charge in [0.15, 0.2) is 0 Å². The predicted molar refractivity (Wildman–Crippen MR) is 143 cm³/mol. The van der Waals surface area contributed by atoms with Gasteiger partial charge in [-0.3, -0.25) is 24.1 Å². The molecule has 0 unspecified atom stereocenters. The SMILES string of the molecule is CS(=O)(=O)OC[C@H]1CN(c2ccc(-c3ccc(N4CCN(Cc5ccc([N+](=O)[O-])o5)CC4)c(F)c3)c(F)c2)C(=O)O1. The van der Waals surface area contributed by atoms with E-state index in [1.807, 2.05) is 4.90 Å². The average molecular weight is 593 g/mol. The summed E-state index contributed by atoms with van der Waals surface area (Å²) in [6.45, 7) is 2.25. The van der Waals surface area contributed by atoms with Crippen LogP contribution in [0.15, 0.2) is 52.9 Å². The summed E-state index contributed by atoms with van der Waals surface area (Å²) in [5.74, 6) is -1.02. The molecule has 1 aromatic heterocycles. The normalized spacial score (nSPS) is 18.1. The first-order chi connectivity index (χ1) is 19.5. The smallest absolute Gasteiger partial charge is 0.433 e. The maximum Gasteiger partial charge on any atom is 0.433 e. The number of anilines is 2. The maximum absolute atomic E-state index is 15.2. The van der Waals surface area contributed by atoms with Crippen molar-refractivity contribution in [2.24, 2.45) is 0 Å². The Bertz CT molecular complexity index is 1570. The molecule has 12 nitrogen and oxygen atoms in total. The molecule has 218 valence electrons. The molecular weight excluding hydrogens is 566 g/mol. The second kappa shape index (κ2) is 11.4. The lowest BCUT2D eigenvalue weighted by Gasteiger charge is -2.35. The highest BCUT2D eigenvalue weighted by Gasteiger charge is 2.33. The van der Waals surface area contributed by atoms with Crippen molar-refractivity contribution in [2.45, 2.75) is 12.6 Å². The van der Waals surface area contributed by atoms with Crippen LogP contribution in [-0.4, -0.2) is 76.0 Å². The molecule has 3 heterocycles. The lowest BCUT2D eigenvalue weighted by molar-refractivity contribution is -0.402. The summed E-state index contributed by atoms with van der Waals surface area (Å²) >= 11 is 0. The maximum atomic E-state index is 15.2. The fraction of sp³-hybridized carbons (Fsp3) is 0.346. The van der Waals surface area contributed by atoms with Crippen LogP contribution in [0.3, 0.4) is 0 Å². The van der Waals surface area contributed by atoms with E-state index in [0.29, 0.717) is 49.7 Å². The average Bonchev–Trinajstić information content (AvgIpc) is 3.54. The van der Waals surface area contributed by atoms with E-state index in [-0.39, 0.29) is 30.3 Å². The summed E-state index contributed by atoms with van der Waals surface area (Å²) in [6, 6.07) is 11.4. The number of carbonyl (C=O) groups is 1. The molecule has 1 amide bonds. The van der Waals surface area contributed by atoms with Gasteiger partial charge >= 0.3 is 12.0 Å². The summed E-state index contributed by atoms with van der Waals surface area (Å²) in [6.07, 6.45) is -0.719. The van der Waals surface area contributed by atoms with Gasteiger partial charge in [0.2, 0.25) is 0 Å². The Kier molecular flexibility index (Phi) is 7.93. The van der Waals surface area contributed by atoms with Crippen LogP contribution in [0.5, 0.6) is 0 Å². The molecule has 3 aromatic rings. The Morgan fingerprint density at radius 3 is 2.44 bits per heavy atom. The van der Waals surface area contributed by atoms with Crippen LogP contribution in [-0.2, 0) is 25.6 Å². The summed E-state index contributed by atoms with van der Waals surface area (Å²) in [4.78, 5) is 27.6. The molecule has 2 aromatic carbocycles. The monoisotopic (exact) mass is 592 g/mol. The van der Waals surface area contributed by atoms with Gasteiger partial charge in [-0.2, -0.15) is 8.42 Å². The van der Waals surface area contributed by atoms with Gasteiger partial charge in [-0.25, -0.2) is 13.6 Å². The summed E-state index contributed by atoms with van der Waals surface area (Å²) in [7, 11) is -3.71. The zero-order valence-corrected chi connectivity index (χ0v) is 22.7. The molecule has 2 saturated heterocycles. The number of rotatable bonds is 9. The highest BCUT2D eigenvalue weighted by molar-refractivity contribution is 7.85. The van der Waals surface area contributed by atoms with Gasteiger partial charge in [-0.15, -0.1) is 0 Å². The number of piperazine rings is 1. The molecular formula is C26H26F2N4O8S. The predicted octanol–water partition coefficient (Wildman–Crippen LogP) is 3.76. The number of ether oxygens (including phenoxy) is 1. The molecule has 1 atom stereocenters. The van der Waals surface area contributed by atoms with Crippen molar-refractivity contribution in [3.8, 4) is 11.1 Å². The van der Waals surface area contributed by atoms with Crippen molar-refractivity contribution >= 4 is 33.5 Å². The summed E-state index contributed by atoms with van der Waals surface area (Å²) < 4.78 is 67.6. The number of halogens is 2. The highest BCUT2D eigenvalue weighted by atomic mass is 32.2. The minimum Gasteiger partial charge on any atom is -0.441 e. The molecule has 0 aliphatic carbocycles. The molecule has 2 aliphatic rings. The van der Waals surface area contributed by atoms with Gasteiger partial charge < -0.3 is 14.1 Å². The molecule has 2 aliphatic heterocycles. The number of nitrogens with zero attached hydrogens (tertiary/aromatic N) is 4. The quantitative estimate of drug-likeness (QED) is 0.205. The van der Waals surface area contributed by atoms with Gasteiger partial charge in [0.1, 0.15) is 35.0 Å². The van der Waals surface area contributed by atoms with Crippen LogP contribution in [0.1, 0.15) is 5.76 Å². The number of benzene rings is 2. The van der Waals surface area contributed by atoms with E-state index in [4.69, 9.17) is 9.15 Å². The molecule has 0 spiro atoms. The third-order valence-corrected chi connectivity index (χ3v) is 7.35. The van der Waals surface area contributed by atoms with E-state index in [9.17, 15) is 23.3 Å². The second-order valence-corrected chi connectivity index (χ2v) is 11.3. The number of hydrogen-bond donors (Lipinski definition) is 0. The first-order valence-electron chi connectivity index (χ1n) is 12.6. The Hall–Kier alpha value is -4.08. The van der Waals surface area contributed by atoms with Crippen molar-refractivity contribution in [1.29, 1.82) is 0 Å². The topological polar surface area (TPSA) is 136 Å². The molecule has 41 heavy (non-hydrogen) atoms. The number of cyclic esters (lactones) is 1. The van der Waals surface area contributed by atoms with Crippen LogP contribution in [0.25, 0.3) is 11.1 Å². The zero-order valence-electron chi connectivity index (χ0n) is 21.9. The first-order valence-corrected chi connectivity index (χ1v) is 14.4. The molecule has 0 N–H and O–H groups in total. The van der Waals surface area contributed by atoms with E-state index in [1.165, 1.54) is 29.2 Å². The Balaban J connectivity index is 1.21. The molecule has 0 radical (unpaired) electrons. The second-order valence-electron chi connectivity index (χ2n) is 9.70. The highest BCUT2D eigenvalue weighted by Crippen LogP contribution is 2.32. The van der Waals surface area contributed by atoms with Crippen LogP contribution in [0.2, 0.25) is 0 Å². The van der Waals surface area contributed by atoms with Crippen LogP contribution < -0.4 is 9.80 Å². The third-order valence-electron chi connectivity index (χ3n) is 6.78. The van der Waals surface area contributed by atoms with Gasteiger partial charge in [0.05, 0.1) is 36.8 Å². The van der Waals surface area contributed by atoms with Crippen molar-refractivity contribution in [1.82, 2.24) is 4.90 Å². The van der Waals surface area contributed by atoms with Crippen molar-refractivity contribution in [3.63, 3.8) is 0 Å². The van der Waals surface area contributed by atoms with E-state index < -0.39 is 38.9 Å². The van der Waals surface area contributed by atoms with Crippen LogP contribution in [0, 0.1) is 21.7 Å². The fourth-order valence-corrected chi connectivity index (χ4v) is 5.17. The zero-order chi connectivity index (χ0) is 29.3. The number of amides is 1. The van der Waals surface area contributed by atoms with Crippen LogP contribution in [0.4, 0.5) is 30.8 Å². The van der Waals surface area contributed by atoms with E-state index in [0.717, 1.165) is 12.3 Å². The number of hydrogen-bond acceptors (Lipinski definition) is 10. The van der Waals surface area contributed by atoms with Crippen LogP contribution >= 0.6 is 0 Å². The Morgan fingerprint density at radius 1 is 1.05 bits per heavy atom. The lowest BCUT2D eigenvalue weighted by atomic mass is 10.0. The van der Waals surface area contributed by atoms with Gasteiger partial charge in [-0.1, -0.05) is 6.07 Å². The standard InChI is InChI=1S/C26H26F2N4O8S/c1-41(36,37)38-16-20-15-31(26(33)40-20)18-3-5-21(22(27)13-18)17-2-6-24(23(28)12-17)30-10-8-29(9-11-30)14-19-4-7-25(39-19)32(34)35/h2-7,12-13,20H,8-11,14-16H2,1H3/t20-/m1/s1. The largest absolute Gasteiger partial charge is 0.441 e. The summed E-state index contributed by atoms with van der Waals surface area (Å²) in [5.41, 5.74) is 1.04. The lowest BCUT2D eigenvalue weighted by Crippen LogP contribution is -2.46. The van der Waals surface area contributed by atoms with Gasteiger partial charge in [0, 0.05) is 31.7 Å². The van der Waals surface area contributed by atoms with Gasteiger partial charge in [0.25, 0.3) is 10.1 Å². The molecule has 15 heteroatoms. The van der Waals surface area contributed by atoms with E-state index >= 15 is 8.78 Å². The Labute approximate surface area is 233 Å². The number of furan rings is 1. The minimum absolute atomic E-state index is 0.0227. The van der Waals surface area contributed by atoms with Crippen molar-refractivity contribution in [2.75, 3.05) is 55.4 Å². The van der Waals surface area contributed by atoms with Gasteiger partial charge in [-0.05, 0) is 42.0 Å². The van der Waals surface area contributed by atoms with E-state index in [1.54, 1.807) is 18.2 Å². The molecule has 5 rings (SSSR count). The van der Waals surface area contributed by atoms with Crippen molar-refractivity contribution in [3.05, 3.63) is 76.0 Å². The van der Waals surface area contributed by atoms with E-state index in [2.05, 4.69) is 9.08 Å². The molecule has 0 saturated carbocycles. The minimum atomic E-state index is -3.71. The number of nitro groups is 1. The molecule has 2 fully saturated rings. The summed E-state index contributed by atoms with van der Waals surface area (Å²) in [5, 5.41) is 10.8. The molecule has 0 bridgehead atoms. The fourth-order valence-electron chi connectivity index (χ4n) is 4.77. The Morgan fingerprint density at radius 2 is 1.80 bits per heavy atom. The first kappa shape index (κ1) is 28.4. The number of carbonyl (C=O) groups excluding carboxylic acids is 1.